The summed E-state index contributed by atoms with van der Waals surface area (Å²) in [6.07, 6.45) is -9.73. The summed E-state index contributed by atoms with van der Waals surface area (Å²) < 4.78 is 94.0. The number of rotatable bonds is 6. The molecule has 0 amide bonds. The smallest absolute Gasteiger partial charge is 0.384 e. The van der Waals surface area contributed by atoms with Crippen LogP contribution in [0.15, 0.2) is 48.8 Å². The molecule has 0 unspecified atom stereocenters. The van der Waals surface area contributed by atoms with Crippen molar-refractivity contribution in [3.05, 3.63) is 71.2 Å². The zero-order valence-electron chi connectivity index (χ0n) is 20.5. The minimum absolute atomic E-state index is 0.0462. The molecule has 3 aromatic rings. The maximum atomic E-state index is 14.6. The van der Waals surface area contributed by atoms with Crippen molar-refractivity contribution in [2.45, 2.75) is 50.0 Å². The molecule has 6 nitrogen and oxygen atoms in total. The lowest BCUT2D eigenvalue weighted by Crippen LogP contribution is -2.63. The first-order valence-corrected chi connectivity index (χ1v) is 11.5. The Hall–Kier alpha value is -3.03. The van der Waals surface area contributed by atoms with Gasteiger partial charge in [-0.15, -0.1) is 0 Å². The van der Waals surface area contributed by atoms with Crippen LogP contribution < -0.4 is 5.32 Å². The maximum absolute atomic E-state index is 14.6. The van der Waals surface area contributed by atoms with E-state index in [2.05, 4.69) is 20.5 Å². The minimum atomic E-state index is -6.25. The van der Waals surface area contributed by atoms with Gasteiger partial charge >= 0.3 is 18.0 Å². The van der Waals surface area contributed by atoms with Crippen molar-refractivity contribution in [2.75, 3.05) is 13.1 Å². The zero-order valence-corrected chi connectivity index (χ0v) is 20.5. The third-order valence-electron chi connectivity index (χ3n) is 7.07. The monoisotopic (exact) mass is 546 g/mol. The van der Waals surface area contributed by atoms with Crippen LogP contribution in [0.25, 0.3) is 11.3 Å². The van der Waals surface area contributed by atoms with Gasteiger partial charge in [0.1, 0.15) is 11.2 Å². The molecule has 4 N–H and O–H groups in total. The fourth-order valence-electron chi connectivity index (χ4n) is 4.61. The van der Waals surface area contributed by atoms with Gasteiger partial charge in [-0.2, -0.15) is 31.4 Å². The van der Waals surface area contributed by atoms with Gasteiger partial charge in [0.15, 0.2) is 0 Å². The average molecular weight is 546 g/mol. The predicted molar refractivity (Wildman–Crippen MR) is 122 cm³/mol. The normalized spacial score (nSPS) is 18.1. The number of halogens is 7. The van der Waals surface area contributed by atoms with E-state index in [0.29, 0.717) is 29.1 Å². The molecule has 1 aliphatic rings. The molecule has 0 spiro atoms. The van der Waals surface area contributed by atoms with E-state index in [0.717, 1.165) is 12.1 Å². The number of nitrogens with one attached hydrogen (secondary N) is 2. The number of hydrogen-bond acceptors (Lipinski definition) is 5. The van der Waals surface area contributed by atoms with Gasteiger partial charge in [-0.25, -0.2) is 4.39 Å². The van der Waals surface area contributed by atoms with Crippen LogP contribution in [0.2, 0.25) is 0 Å². The van der Waals surface area contributed by atoms with E-state index in [-0.39, 0.29) is 24.2 Å². The number of aromatic nitrogens is 3. The second-order valence-electron chi connectivity index (χ2n) is 10.3. The molecule has 1 fully saturated rings. The van der Waals surface area contributed by atoms with Crippen LogP contribution in [-0.2, 0) is 16.9 Å². The van der Waals surface area contributed by atoms with Crippen LogP contribution in [0.4, 0.5) is 30.7 Å². The Morgan fingerprint density at radius 1 is 0.816 bits per heavy atom. The molecular formula is C25H25F7N4O2. The summed E-state index contributed by atoms with van der Waals surface area (Å²) in [5.41, 5.74) is -9.98. The summed E-state index contributed by atoms with van der Waals surface area (Å²) in [5.74, 6) is 0. The van der Waals surface area contributed by atoms with Gasteiger partial charge in [-0.05, 0) is 31.5 Å². The van der Waals surface area contributed by atoms with Gasteiger partial charge in [0, 0.05) is 47.6 Å². The number of hydrogen-bond donors (Lipinski definition) is 4. The maximum Gasteiger partial charge on any atom is 0.435 e. The van der Waals surface area contributed by atoms with Gasteiger partial charge in [-0.3, -0.25) is 10.1 Å². The zero-order chi connectivity index (χ0) is 28.4. The van der Waals surface area contributed by atoms with Gasteiger partial charge in [0.05, 0.1) is 11.4 Å². The third kappa shape index (κ3) is 4.26. The summed E-state index contributed by atoms with van der Waals surface area (Å²) >= 11 is 0. The second kappa shape index (κ2) is 8.75. The highest BCUT2D eigenvalue weighted by atomic mass is 19.4. The number of pyridine rings is 1. The van der Waals surface area contributed by atoms with Crippen LogP contribution in [0.3, 0.4) is 0 Å². The molecule has 1 aromatic carbocycles. The van der Waals surface area contributed by atoms with Crippen molar-refractivity contribution in [1.82, 2.24) is 20.5 Å². The molecule has 1 saturated heterocycles. The average Bonchev–Trinajstić information content (AvgIpc) is 3.31. The highest BCUT2D eigenvalue weighted by Gasteiger charge is 2.73. The van der Waals surface area contributed by atoms with E-state index in [4.69, 9.17) is 0 Å². The number of alkyl halides is 7. The van der Waals surface area contributed by atoms with Crippen LogP contribution in [0.1, 0.15) is 43.2 Å². The molecule has 13 heteroatoms. The van der Waals surface area contributed by atoms with E-state index >= 15 is 0 Å². The number of aromatic amines is 1. The Labute approximate surface area is 212 Å². The van der Waals surface area contributed by atoms with Crippen molar-refractivity contribution in [1.29, 1.82) is 0 Å². The van der Waals surface area contributed by atoms with Gasteiger partial charge in [0.2, 0.25) is 0 Å². The predicted octanol–water partition coefficient (Wildman–Crippen LogP) is 4.83. The molecule has 38 heavy (non-hydrogen) atoms. The van der Waals surface area contributed by atoms with E-state index in [1.54, 1.807) is 32.9 Å². The molecule has 0 aliphatic carbocycles. The minimum Gasteiger partial charge on any atom is -0.384 e. The molecule has 206 valence electrons. The van der Waals surface area contributed by atoms with E-state index < -0.39 is 40.2 Å². The Morgan fingerprint density at radius 3 is 1.82 bits per heavy atom. The van der Waals surface area contributed by atoms with Crippen molar-refractivity contribution >= 4 is 0 Å². The number of benzene rings is 1. The standard InChI is InChI=1S/C25H25F7N4O2/c1-20(2,37)19-9-18(35-36-19)14-8-17(11-33-10-14)22(38,21(3)12-34-13-21)15-4-6-16(7-5-15)23(26,24(27,28)29)25(30,31)32/h4-11,34,37-38H,12-13H2,1-3H3,(H,35,36)/t22-/m0/s1. The summed E-state index contributed by atoms with van der Waals surface area (Å²) in [6.45, 7) is 5.32. The van der Waals surface area contributed by atoms with Crippen LogP contribution >= 0.6 is 0 Å². The van der Waals surface area contributed by atoms with Crippen LogP contribution in [0.5, 0.6) is 0 Å². The molecule has 0 bridgehead atoms. The van der Waals surface area contributed by atoms with Crippen molar-refractivity contribution in [3.63, 3.8) is 0 Å². The number of aliphatic hydroxyl groups is 2. The quantitative estimate of drug-likeness (QED) is 0.333. The summed E-state index contributed by atoms with van der Waals surface area (Å²) in [6, 6.07) is 5.61. The largest absolute Gasteiger partial charge is 0.435 e. The SMILES string of the molecule is CC(C)(O)c1cc(-c2cncc([C@@](O)(c3ccc(C(F)(C(F)(F)F)C(F)(F)F)cc3)C3(C)CNC3)c2)n[nH]1. The van der Waals surface area contributed by atoms with Crippen molar-refractivity contribution in [3.8, 4) is 11.3 Å². The Balaban J connectivity index is 1.82. The number of H-pyrrole nitrogens is 1. The van der Waals surface area contributed by atoms with Crippen molar-refractivity contribution < 1.29 is 40.9 Å². The Bertz CT molecular complexity index is 1290. The summed E-state index contributed by atoms with van der Waals surface area (Å²) in [7, 11) is 0. The molecule has 1 aliphatic heterocycles. The first-order chi connectivity index (χ1) is 17.3. The van der Waals surface area contributed by atoms with E-state index in [9.17, 15) is 40.9 Å². The molecule has 4 rings (SSSR count). The van der Waals surface area contributed by atoms with E-state index in [1.807, 2.05) is 0 Å². The van der Waals surface area contributed by atoms with Crippen LogP contribution in [-0.4, -0.2) is 50.8 Å². The van der Waals surface area contributed by atoms with Crippen molar-refractivity contribution in [2.24, 2.45) is 5.41 Å². The fraction of sp³-hybridized carbons (Fsp3) is 0.440. The lowest BCUT2D eigenvalue weighted by molar-refractivity contribution is -0.348. The Morgan fingerprint density at radius 2 is 1.37 bits per heavy atom. The molecule has 1 atom stereocenters. The molecule has 0 radical (unpaired) electrons. The number of nitrogens with zero attached hydrogens (tertiary/aromatic N) is 2. The lowest BCUT2D eigenvalue weighted by atomic mass is 9.62. The molecule has 0 saturated carbocycles. The second-order valence-corrected chi connectivity index (χ2v) is 10.3. The summed E-state index contributed by atoms with van der Waals surface area (Å²) in [4.78, 5) is 4.16. The van der Waals surface area contributed by atoms with Crippen LogP contribution in [0, 0.1) is 5.41 Å². The first kappa shape index (κ1) is 28.0. The van der Waals surface area contributed by atoms with E-state index in [1.165, 1.54) is 12.4 Å². The van der Waals surface area contributed by atoms with Gasteiger partial charge in [-0.1, -0.05) is 31.2 Å². The first-order valence-electron chi connectivity index (χ1n) is 11.5. The molecular weight excluding hydrogens is 521 g/mol. The lowest BCUT2D eigenvalue weighted by Gasteiger charge is -2.52. The summed E-state index contributed by atoms with van der Waals surface area (Å²) in [5, 5.41) is 32.1. The molecule has 2 aromatic heterocycles. The third-order valence-corrected chi connectivity index (χ3v) is 7.07. The Kier molecular flexibility index (Phi) is 6.44. The van der Waals surface area contributed by atoms with Gasteiger partial charge in [0.25, 0.3) is 0 Å². The van der Waals surface area contributed by atoms with Gasteiger partial charge < -0.3 is 15.5 Å². The highest BCUT2D eigenvalue weighted by Crippen LogP contribution is 2.54. The fourth-order valence-corrected chi connectivity index (χ4v) is 4.61. The highest BCUT2D eigenvalue weighted by molar-refractivity contribution is 5.60. The molecule has 3 heterocycles. The topological polar surface area (TPSA) is 94.1 Å².